The van der Waals surface area contributed by atoms with Gasteiger partial charge in [0.15, 0.2) is 5.17 Å². The predicted molar refractivity (Wildman–Crippen MR) is 82.7 cm³/mol. The molecule has 0 N–H and O–H groups in total. The zero-order valence-corrected chi connectivity index (χ0v) is 12.6. The van der Waals surface area contributed by atoms with Crippen molar-refractivity contribution >= 4 is 34.2 Å². The number of aliphatic imine (C=N–C) groups is 1. The van der Waals surface area contributed by atoms with Crippen LogP contribution in [0.1, 0.15) is 20.8 Å². The summed E-state index contributed by atoms with van der Waals surface area (Å²) < 4.78 is 0. The Bertz CT molecular complexity index is 503. The zero-order valence-electron chi connectivity index (χ0n) is 11.1. The fourth-order valence-electron chi connectivity index (χ4n) is 2.10. The van der Waals surface area contributed by atoms with E-state index in [0.717, 1.165) is 15.9 Å². The van der Waals surface area contributed by atoms with Gasteiger partial charge in [-0.05, 0) is 57.4 Å². The molecule has 18 heavy (non-hydrogen) atoms. The maximum atomic E-state index is 5.93. The van der Waals surface area contributed by atoms with Gasteiger partial charge in [0.25, 0.3) is 0 Å². The van der Waals surface area contributed by atoms with E-state index in [0.29, 0.717) is 0 Å². The molecule has 2 nitrogen and oxygen atoms in total. The highest BCUT2D eigenvalue weighted by Crippen LogP contribution is 2.31. The van der Waals surface area contributed by atoms with Crippen LogP contribution in [0, 0.1) is 0 Å². The summed E-state index contributed by atoms with van der Waals surface area (Å²) in [6, 6.07) is 7.84. The Morgan fingerprint density at radius 3 is 2.39 bits per heavy atom. The van der Waals surface area contributed by atoms with Crippen molar-refractivity contribution in [3.05, 3.63) is 41.1 Å². The molecular weight excluding hydrogens is 264 g/mol. The van der Waals surface area contributed by atoms with E-state index in [-0.39, 0.29) is 5.54 Å². The minimum atomic E-state index is -0.134. The Hall–Kier alpha value is -0.930. The fourth-order valence-corrected chi connectivity index (χ4v) is 2.98. The quantitative estimate of drug-likeness (QED) is 0.749. The summed E-state index contributed by atoms with van der Waals surface area (Å²) >= 11 is 7.59. The normalized spacial score (nSPS) is 18.4. The first-order valence-electron chi connectivity index (χ1n) is 5.82. The second-order valence-corrected chi connectivity index (χ2v) is 6.06. The summed E-state index contributed by atoms with van der Waals surface area (Å²) in [7, 11) is 0. The van der Waals surface area contributed by atoms with Crippen molar-refractivity contribution in [2.45, 2.75) is 26.3 Å². The van der Waals surface area contributed by atoms with Crippen molar-refractivity contribution in [3.63, 3.8) is 0 Å². The summed E-state index contributed by atoms with van der Waals surface area (Å²) in [6.07, 6.45) is 4.23. The first-order chi connectivity index (χ1) is 8.43. The summed E-state index contributed by atoms with van der Waals surface area (Å²) in [5.74, 6) is 0. The third-order valence-electron chi connectivity index (χ3n) is 2.76. The highest BCUT2D eigenvalue weighted by molar-refractivity contribution is 8.13. The number of nitrogens with zero attached hydrogens (tertiary/aromatic N) is 2. The van der Waals surface area contributed by atoms with E-state index >= 15 is 0 Å². The summed E-state index contributed by atoms with van der Waals surface area (Å²) in [5, 5.41) is 1.77. The van der Waals surface area contributed by atoms with E-state index in [1.165, 1.54) is 5.70 Å². The minimum absolute atomic E-state index is 0.134. The van der Waals surface area contributed by atoms with Gasteiger partial charge in [-0.3, -0.25) is 9.89 Å². The second kappa shape index (κ2) is 4.98. The van der Waals surface area contributed by atoms with Gasteiger partial charge < -0.3 is 0 Å². The van der Waals surface area contributed by atoms with E-state index in [1.807, 2.05) is 24.3 Å². The largest absolute Gasteiger partial charge is 0.294 e. The fraction of sp³-hybridized carbons (Fsp3) is 0.357. The lowest BCUT2D eigenvalue weighted by Crippen LogP contribution is -2.35. The second-order valence-electron chi connectivity index (χ2n) is 4.85. The molecule has 1 aliphatic rings. The van der Waals surface area contributed by atoms with Gasteiger partial charge in [-0.1, -0.05) is 23.4 Å². The van der Waals surface area contributed by atoms with Crippen LogP contribution < -0.4 is 4.90 Å². The van der Waals surface area contributed by atoms with Crippen molar-refractivity contribution in [1.29, 1.82) is 0 Å². The standard InChI is InChI=1S/C14H17ClN2S/c1-10-9-14(2,3)16-13(18-4)17(10)12-7-5-11(15)6-8-12/h5-9H,1-4H3. The number of hydrogen-bond donors (Lipinski definition) is 0. The van der Waals surface area contributed by atoms with E-state index in [9.17, 15) is 0 Å². The Labute approximate surface area is 118 Å². The van der Waals surface area contributed by atoms with Gasteiger partial charge in [-0.25, -0.2) is 0 Å². The molecule has 1 aromatic rings. The number of anilines is 1. The molecule has 0 saturated heterocycles. The van der Waals surface area contributed by atoms with E-state index in [2.05, 4.69) is 38.0 Å². The summed E-state index contributed by atoms with van der Waals surface area (Å²) in [5.41, 5.74) is 2.16. The van der Waals surface area contributed by atoms with Crippen LogP contribution in [-0.2, 0) is 0 Å². The maximum Gasteiger partial charge on any atom is 0.168 e. The molecule has 0 fully saturated rings. The van der Waals surface area contributed by atoms with Crippen molar-refractivity contribution in [2.75, 3.05) is 11.2 Å². The first-order valence-corrected chi connectivity index (χ1v) is 7.42. The lowest BCUT2D eigenvalue weighted by molar-refractivity contribution is 0.642. The zero-order chi connectivity index (χ0) is 13.3. The Morgan fingerprint density at radius 1 is 1.22 bits per heavy atom. The van der Waals surface area contributed by atoms with Gasteiger partial charge in [0, 0.05) is 16.4 Å². The third kappa shape index (κ3) is 2.73. The van der Waals surface area contributed by atoms with Crippen LogP contribution in [0.2, 0.25) is 5.02 Å². The molecule has 96 valence electrons. The predicted octanol–water partition coefficient (Wildman–Crippen LogP) is 4.56. The molecule has 1 aromatic carbocycles. The molecular formula is C14H17ClN2S. The van der Waals surface area contributed by atoms with Crippen LogP contribution in [0.25, 0.3) is 0 Å². The molecule has 0 spiro atoms. The van der Waals surface area contributed by atoms with Crippen molar-refractivity contribution < 1.29 is 0 Å². The van der Waals surface area contributed by atoms with Crippen LogP contribution in [0.4, 0.5) is 5.69 Å². The smallest absolute Gasteiger partial charge is 0.168 e. The molecule has 4 heteroatoms. The number of rotatable bonds is 1. The number of amidine groups is 1. The van der Waals surface area contributed by atoms with Gasteiger partial charge in [0.05, 0.1) is 5.54 Å². The van der Waals surface area contributed by atoms with Gasteiger partial charge in [-0.2, -0.15) is 0 Å². The molecule has 1 aliphatic heterocycles. The Balaban J connectivity index is 2.43. The Morgan fingerprint density at radius 2 is 1.83 bits per heavy atom. The van der Waals surface area contributed by atoms with Crippen LogP contribution in [0.15, 0.2) is 41.0 Å². The summed E-state index contributed by atoms with van der Waals surface area (Å²) in [6.45, 7) is 6.35. The van der Waals surface area contributed by atoms with Crippen molar-refractivity contribution in [3.8, 4) is 0 Å². The monoisotopic (exact) mass is 280 g/mol. The number of halogens is 1. The molecule has 0 atom stereocenters. The molecule has 0 aromatic heterocycles. The molecule has 0 aliphatic carbocycles. The van der Waals surface area contributed by atoms with Crippen molar-refractivity contribution in [1.82, 2.24) is 0 Å². The molecule has 2 rings (SSSR count). The van der Waals surface area contributed by atoms with Crippen LogP contribution in [0.3, 0.4) is 0 Å². The lowest BCUT2D eigenvalue weighted by atomic mass is 10.0. The molecule has 0 unspecified atom stereocenters. The number of allylic oxidation sites excluding steroid dienone is 1. The molecule has 0 saturated carbocycles. The number of benzene rings is 1. The molecule has 0 radical (unpaired) electrons. The molecule has 1 heterocycles. The number of thioether (sulfide) groups is 1. The topological polar surface area (TPSA) is 15.6 Å². The Kier molecular flexibility index (Phi) is 3.74. The van der Waals surface area contributed by atoms with Crippen molar-refractivity contribution in [2.24, 2.45) is 4.99 Å². The summed E-state index contributed by atoms with van der Waals surface area (Å²) in [4.78, 5) is 6.92. The van der Waals surface area contributed by atoms with E-state index in [1.54, 1.807) is 11.8 Å². The third-order valence-corrected chi connectivity index (χ3v) is 3.65. The average molecular weight is 281 g/mol. The lowest BCUT2D eigenvalue weighted by Gasteiger charge is -2.34. The van der Waals surface area contributed by atoms with Gasteiger partial charge in [0.1, 0.15) is 0 Å². The average Bonchev–Trinajstić information content (AvgIpc) is 2.29. The van der Waals surface area contributed by atoms with Gasteiger partial charge >= 0.3 is 0 Å². The van der Waals surface area contributed by atoms with E-state index in [4.69, 9.17) is 16.6 Å². The highest BCUT2D eigenvalue weighted by atomic mass is 35.5. The van der Waals surface area contributed by atoms with Gasteiger partial charge in [0.2, 0.25) is 0 Å². The maximum absolute atomic E-state index is 5.93. The highest BCUT2D eigenvalue weighted by Gasteiger charge is 2.26. The van der Waals surface area contributed by atoms with Crippen LogP contribution >= 0.6 is 23.4 Å². The van der Waals surface area contributed by atoms with Crippen LogP contribution in [0.5, 0.6) is 0 Å². The number of hydrogen-bond acceptors (Lipinski definition) is 3. The minimum Gasteiger partial charge on any atom is -0.294 e. The first kappa shape index (κ1) is 13.5. The molecule has 0 bridgehead atoms. The van der Waals surface area contributed by atoms with Crippen LogP contribution in [-0.4, -0.2) is 17.0 Å². The molecule has 0 amide bonds. The van der Waals surface area contributed by atoms with E-state index < -0.39 is 0 Å². The van der Waals surface area contributed by atoms with Gasteiger partial charge in [-0.15, -0.1) is 0 Å². The SMILES string of the molecule is CSC1=NC(C)(C)C=C(C)N1c1ccc(Cl)cc1.